The molecule has 1 unspecified atom stereocenters. The number of hydrogen-bond acceptors (Lipinski definition) is 3. The van der Waals surface area contributed by atoms with Gasteiger partial charge in [0.05, 0.1) is 0 Å². The van der Waals surface area contributed by atoms with E-state index in [4.69, 9.17) is 0 Å². The van der Waals surface area contributed by atoms with Crippen LogP contribution in [0.1, 0.15) is 34.1 Å². The van der Waals surface area contributed by atoms with Crippen LogP contribution in [0.5, 0.6) is 0 Å². The lowest BCUT2D eigenvalue weighted by Gasteiger charge is -2.41. The maximum absolute atomic E-state index is 3.31. The van der Waals surface area contributed by atoms with Gasteiger partial charge in [-0.3, -0.25) is 4.90 Å². The Hall–Kier alpha value is -0.120. The second-order valence-electron chi connectivity index (χ2n) is 6.00. The van der Waals surface area contributed by atoms with E-state index in [2.05, 4.69) is 49.9 Å². The van der Waals surface area contributed by atoms with Crippen LogP contribution in [0.15, 0.2) is 0 Å². The number of nitrogens with zero attached hydrogens (tertiary/aromatic N) is 2. The highest BCUT2D eigenvalue weighted by Crippen LogP contribution is 2.26. The highest BCUT2D eigenvalue weighted by molar-refractivity contribution is 4.92. The van der Waals surface area contributed by atoms with Gasteiger partial charge in [0.2, 0.25) is 0 Å². The topological polar surface area (TPSA) is 18.5 Å². The largest absolute Gasteiger partial charge is 0.318 e. The average Bonchev–Trinajstić information content (AvgIpc) is 2.29. The molecule has 0 radical (unpaired) electrons. The van der Waals surface area contributed by atoms with Gasteiger partial charge in [0.15, 0.2) is 0 Å². The minimum Gasteiger partial charge on any atom is -0.318 e. The van der Waals surface area contributed by atoms with Crippen molar-refractivity contribution in [3.63, 3.8) is 0 Å². The van der Waals surface area contributed by atoms with E-state index in [0.29, 0.717) is 17.6 Å². The number of likely N-dealkylation sites (N-methyl/N-ethyl adjacent to an activating group) is 2. The predicted molar refractivity (Wildman–Crippen MR) is 70.9 cm³/mol. The van der Waals surface area contributed by atoms with Crippen LogP contribution in [-0.4, -0.2) is 61.2 Å². The van der Waals surface area contributed by atoms with Crippen molar-refractivity contribution < 1.29 is 0 Å². The zero-order valence-corrected chi connectivity index (χ0v) is 11.9. The van der Waals surface area contributed by atoms with Crippen LogP contribution >= 0.6 is 0 Å². The molecule has 0 bridgehead atoms. The Labute approximate surface area is 101 Å². The van der Waals surface area contributed by atoms with Gasteiger partial charge in [-0.25, -0.2) is 0 Å². The Morgan fingerprint density at radius 1 is 1.38 bits per heavy atom. The summed E-state index contributed by atoms with van der Waals surface area (Å²) < 4.78 is 0. The van der Waals surface area contributed by atoms with Crippen molar-refractivity contribution in [3.05, 3.63) is 0 Å². The minimum atomic E-state index is 0.324. The third-order valence-corrected chi connectivity index (χ3v) is 3.95. The molecule has 1 rings (SSSR count). The molecule has 0 aromatic carbocycles. The van der Waals surface area contributed by atoms with Crippen molar-refractivity contribution in [2.75, 3.05) is 33.7 Å². The molecule has 0 aliphatic carbocycles. The van der Waals surface area contributed by atoms with Crippen molar-refractivity contribution in [3.8, 4) is 0 Å². The molecule has 1 heterocycles. The van der Waals surface area contributed by atoms with E-state index >= 15 is 0 Å². The summed E-state index contributed by atoms with van der Waals surface area (Å²) in [7, 11) is 4.30. The van der Waals surface area contributed by atoms with Crippen molar-refractivity contribution in [1.82, 2.24) is 15.1 Å². The number of hydrogen-bond donors (Lipinski definition) is 1. The summed E-state index contributed by atoms with van der Waals surface area (Å²) in [4.78, 5) is 5.15. The van der Waals surface area contributed by atoms with Gasteiger partial charge < -0.3 is 10.2 Å². The molecule has 0 aromatic heterocycles. The first-order chi connectivity index (χ1) is 7.38. The summed E-state index contributed by atoms with van der Waals surface area (Å²) in [5.41, 5.74) is 0.324. The first kappa shape index (κ1) is 13.9. The second-order valence-corrected chi connectivity index (χ2v) is 6.00. The third-order valence-electron chi connectivity index (χ3n) is 3.95. The monoisotopic (exact) mass is 227 g/mol. The molecule has 3 nitrogen and oxygen atoms in total. The first-order valence-corrected chi connectivity index (χ1v) is 6.50. The highest BCUT2D eigenvalue weighted by atomic mass is 15.3. The Kier molecular flexibility index (Phi) is 4.77. The fourth-order valence-electron chi connectivity index (χ4n) is 2.76. The Bertz CT molecular complexity index is 213. The summed E-state index contributed by atoms with van der Waals surface area (Å²) in [6.45, 7) is 12.8. The maximum Gasteiger partial charge on any atom is 0.0345 e. The molecule has 0 saturated carbocycles. The molecule has 1 N–H and O–H groups in total. The molecule has 1 aliphatic heterocycles. The Morgan fingerprint density at radius 3 is 2.50 bits per heavy atom. The fraction of sp³-hybridized carbons (Fsp3) is 1.00. The lowest BCUT2D eigenvalue weighted by atomic mass is 9.97. The van der Waals surface area contributed by atoms with Crippen LogP contribution < -0.4 is 5.32 Å². The van der Waals surface area contributed by atoms with Crippen LogP contribution in [0.3, 0.4) is 0 Å². The van der Waals surface area contributed by atoms with Crippen molar-refractivity contribution in [2.24, 2.45) is 0 Å². The van der Waals surface area contributed by atoms with E-state index in [1.807, 2.05) is 7.05 Å². The molecule has 1 saturated heterocycles. The molecule has 0 spiro atoms. The molecule has 96 valence electrons. The summed E-state index contributed by atoms with van der Waals surface area (Å²) >= 11 is 0. The van der Waals surface area contributed by atoms with Crippen molar-refractivity contribution >= 4 is 0 Å². The van der Waals surface area contributed by atoms with Gasteiger partial charge in [-0.2, -0.15) is 0 Å². The van der Waals surface area contributed by atoms with Gasteiger partial charge in [0, 0.05) is 30.7 Å². The molecule has 0 amide bonds. The van der Waals surface area contributed by atoms with Crippen molar-refractivity contribution in [2.45, 2.75) is 51.7 Å². The second kappa shape index (κ2) is 5.48. The molecule has 1 atom stereocenters. The maximum atomic E-state index is 3.31. The van der Waals surface area contributed by atoms with E-state index in [-0.39, 0.29) is 0 Å². The van der Waals surface area contributed by atoms with E-state index in [0.717, 1.165) is 6.54 Å². The molecule has 1 aliphatic rings. The Balaban J connectivity index is 2.79. The van der Waals surface area contributed by atoms with Gasteiger partial charge in [-0.15, -0.1) is 0 Å². The van der Waals surface area contributed by atoms with Gasteiger partial charge in [0.25, 0.3) is 0 Å². The smallest absolute Gasteiger partial charge is 0.0345 e. The first-order valence-electron chi connectivity index (χ1n) is 6.50. The van der Waals surface area contributed by atoms with E-state index in [1.165, 1.54) is 19.5 Å². The van der Waals surface area contributed by atoms with Crippen LogP contribution in [0.25, 0.3) is 0 Å². The number of rotatable bonds is 3. The third kappa shape index (κ3) is 3.19. The summed E-state index contributed by atoms with van der Waals surface area (Å²) in [6, 6.07) is 1.26. The SMILES string of the molecule is CNCC1CN(C(C)C)C(C)(C)CCN1C. The molecular formula is C13H29N3. The van der Waals surface area contributed by atoms with E-state index in [1.54, 1.807) is 0 Å². The van der Waals surface area contributed by atoms with Crippen LogP contribution in [0.4, 0.5) is 0 Å². The van der Waals surface area contributed by atoms with Gasteiger partial charge >= 0.3 is 0 Å². The summed E-state index contributed by atoms with van der Waals surface area (Å²) in [6.07, 6.45) is 1.25. The lowest BCUT2D eigenvalue weighted by Crippen LogP contribution is -2.51. The molecule has 3 heteroatoms. The van der Waals surface area contributed by atoms with Crippen LogP contribution in [-0.2, 0) is 0 Å². The quantitative estimate of drug-likeness (QED) is 0.786. The number of nitrogens with one attached hydrogen (secondary N) is 1. The van der Waals surface area contributed by atoms with E-state index < -0.39 is 0 Å². The highest BCUT2D eigenvalue weighted by Gasteiger charge is 2.34. The summed E-state index contributed by atoms with van der Waals surface area (Å²) in [5, 5.41) is 3.31. The van der Waals surface area contributed by atoms with Crippen LogP contribution in [0.2, 0.25) is 0 Å². The molecule has 16 heavy (non-hydrogen) atoms. The van der Waals surface area contributed by atoms with Gasteiger partial charge in [-0.1, -0.05) is 0 Å². The van der Waals surface area contributed by atoms with Crippen LogP contribution in [0, 0.1) is 0 Å². The zero-order valence-electron chi connectivity index (χ0n) is 11.9. The normalized spacial score (nSPS) is 28.3. The Morgan fingerprint density at radius 2 is 2.00 bits per heavy atom. The zero-order chi connectivity index (χ0) is 12.3. The van der Waals surface area contributed by atoms with Gasteiger partial charge in [0.1, 0.15) is 0 Å². The predicted octanol–water partition coefficient (Wildman–Crippen LogP) is 1.40. The minimum absolute atomic E-state index is 0.324. The standard InChI is InChI=1S/C13H29N3/c1-11(2)16-10-12(9-14-5)15(6)8-7-13(16,3)4/h11-12,14H,7-10H2,1-6H3. The molecular weight excluding hydrogens is 198 g/mol. The molecule has 1 fully saturated rings. The fourth-order valence-corrected chi connectivity index (χ4v) is 2.76. The van der Waals surface area contributed by atoms with E-state index in [9.17, 15) is 0 Å². The van der Waals surface area contributed by atoms with Gasteiger partial charge in [-0.05, 0) is 54.8 Å². The molecule has 0 aromatic rings. The lowest BCUT2D eigenvalue weighted by molar-refractivity contribution is 0.0805. The average molecular weight is 227 g/mol. The summed E-state index contributed by atoms with van der Waals surface area (Å²) in [5.74, 6) is 0. The van der Waals surface area contributed by atoms with Crippen molar-refractivity contribution in [1.29, 1.82) is 0 Å².